The number of aliphatic imine (C=N–C) groups is 1. The van der Waals surface area contributed by atoms with E-state index < -0.39 is 0 Å². The van der Waals surface area contributed by atoms with E-state index >= 15 is 0 Å². The number of benzene rings is 1. The molecule has 1 fully saturated rings. The van der Waals surface area contributed by atoms with Gasteiger partial charge in [0.1, 0.15) is 0 Å². The number of guanidine groups is 1. The third kappa shape index (κ3) is 7.17. The number of hydrogen-bond acceptors (Lipinski definition) is 4. The SMILES string of the molecule is CCNC(=NCc1ccccc1CN1CCN(CC)CC1)NCCSC. The molecule has 146 valence electrons. The Hall–Kier alpha value is -1.24. The molecule has 26 heavy (non-hydrogen) atoms. The first-order chi connectivity index (χ1) is 12.8. The Bertz CT molecular complexity index is 541. The molecule has 0 amide bonds. The quantitative estimate of drug-likeness (QED) is 0.392. The van der Waals surface area contributed by atoms with Crippen LogP contribution in [0.1, 0.15) is 25.0 Å². The van der Waals surface area contributed by atoms with Crippen LogP contribution in [-0.4, -0.2) is 73.6 Å². The van der Waals surface area contributed by atoms with Crippen LogP contribution in [0.5, 0.6) is 0 Å². The Morgan fingerprint density at radius 3 is 2.38 bits per heavy atom. The van der Waals surface area contributed by atoms with Gasteiger partial charge < -0.3 is 15.5 Å². The molecule has 0 unspecified atom stereocenters. The van der Waals surface area contributed by atoms with Gasteiger partial charge in [-0.05, 0) is 30.9 Å². The van der Waals surface area contributed by atoms with Crippen LogP contribution in [0, 0.1) is 0 Å². The van der Waals surface area contributed by atoms with Crippen molar-refractivity contribution in [1.29, 1.82) is 0 Å². The summed E-state index contributed by atoms with van der Waals surface area (Å²) in [6.45, 7) is 13.8. The molecule has 2 rings (SSSR count). The lowest BCUT2D eigenvalue weighted by molar-refractivity contribution is 0.131. The zero-order chi connectivity index (χ0) is 18.6. The Balaban J connectivity index is 1.95. The summed E-state index contributed by atoms with van der Waals surface area (Å²) in [7, 11) is 0. The number of nitrogens with one attached hydrogen (secondary N) is 2. The molecule has 0 saturated carbocycles. The molecule has 1 aromatic carbocycles. The highest BCUT2D eigenvalue weighted by molar-refractivity contribution is 7.98. The smallest absolute Gasteiger partial charge is 0.191 e. The van der Waals surface area contributed by atoms with Gasteiger partial charge in [0.25, 0.3) is 0 Å². The van der Waals surface area contributed by atoms with Crippen LogP contribution in [0.3, 0.4) is 0 Å². The summed E-state index contributed by atoms with van der Waals surface area (Å²) in [5, 5.41) is 6.74. The van der Waals surface area contributed by atoms with Gasteiger partial charge in [0.05, 0.1) is 6.54 Å². The standard InChI is InChI=1S/C20H35N5S/c1-4-21-20(22-10-15-26-3)23-16-18-8-6-7-9-19(18)17-25-13-11-24(5-2)12-14-25/h6-9H,4-5,10-17H2,1-3H3,(H2,21,22,23). The van der Waals surface area contributed by atoms with Gasteiger partial charge in [0.15, 0.2) is 5.96 Å². The maximum atomic E-state index is 4.79. The molecule has 1 aliphatic rings. The number of piperazine rings is 1. The Kier molecular flexibility index (Phi) is 9.89. The number of rotatable bonds is 9. The lowest BCUT2D eigenvalue weighted by Crippen LogP contribution is -2.45. The van der Waals surface area contributed by atoms with Crippen molar-refractivity contribution in [3.05, 3.63) is 35.4 Å². The van der Waals surface area contributed by atoms with E-state index in [0.29, 0.717) is 0 Å². The van der Waals surface area contributed by atoms with Crippen molar-refractivity contribution in [3.63, 3.8) is 0 Å². The van der Waals surface area contributed by atoms with Crippen LogP contribution < -0.4 is 10.6 Å². The minimum atomic E-state index is 0.722. The molecule has 0 spiro atoms. The molecule has 6 heteroatoms. The predicted molar refractivity (Wildman–Crippen MR) is 115 cm³/mol. The van der Waals surface area contributed by atoms with E-state index in [1.165, 1.54) is 24.2 Å². The van der Waals surface area contributed by atoms with Crippen molar-refractivity contribution in [2.45, 2.75) is 26.9 Å². The molecule has 0 atom stereocenters. The van der Waals surface area contributed by atoms with E-state index in [0.717, 1.165) is 57.5 Å². The summed E-state index contributed by atoms with van der Waals surface area (Å²) in [5.41, 5.74) is 2.73. The summed E-state index contributed by atoms with van der Waals surface area (Å²) in [6, 6.07) is 8.74. The molecule has 0 bridgehead atoms. The second-order valence-electron chi connectivity index (χ2n) is 6.59. The molecule has 0 radical (unpaired) electrons. The van der Waals surface area contributed by atoms with Gasteiger partial charge >= 0.3 is 0 Å². The van der Waals surface area contributed by atoms with Crippen molar-refractivity contribution < 1.29 is 0 Å². The Labute approximate surface area is 163 Å². The van der Waals surface area contributed by atoms with Crippen molar-refractivity contribution in [3.8, 4) is 0 Å². The summed E-state index contributed by atoms with van der Waals surface area (Å²) in [4.78, 5) is 9.88. The third-order valence-electron chi connectivity index (χ3n) is 4.77. The average molecular weight is 378 g/mol. The molecule has 2 N–H and O–H groups in total. The van der Waals surface area contributed by atoms with Gasteiger partial charge in [-0.25, -0.2) is 4.99 Å². The second kappa shape index (κ2) is 12.2. The first-order valence-corrected chi connectivity index (χ1v) is 11.2. The molecule has 1 aromatic rings. The molecule has 5 nitrogen and oxygen atoms in total. The summed E-state index contributed by atoms with van der Waals surface area (Å²) in [5.74, 6) is 2.00. The number of nitrogens with zero attached hydrogens (tertiary/aromatic N) is 3. The van der Waals surface area contributed by atoms with Gasteiger partial charge in [-0.3, -0.25) is 4.90 Å². The molecule has 0 aliphatic carbocycles. The van der Waals surface area contributed by atoms with Crippen molar-refractivity contribution in [1.82, 2.24) is 20.4 Å². The van der Waals surface area contributed by atoms with Crippen LogP contribution in [0.25, 0.3) is 0 Å². The molecule has 0 aromatic heterocycles. The second-order valence-corrected chi connectivity index (χ2v) is 7.58. The molecular weight excluding hydrogens is 342 g/mol. The van der Waals surface area contributed by atoms with Gasteiger partial charge in [0, 0.05) is 51.6 Å². The Morgan fingerprint density at radius 1 is 1.04 bits per heavy atom. The topological polar surface area (TPSA) is 42.9 Å². The monoisotopic (exact) mass is 377 g/mol. The summed E-state index contributed by atoms with van der Waals surface area (Å²) < 4.78 is 0. The van der Waals surface area contributed by atoms with Crippen molar-refractivity contribution in [2.24, 2.45) is 4.99 Å². The highest BCUT2D eigenvalue weighted by atomic mass is 32.2. The van der Waals surface area contributed by atoms with Crippen molar-refractivity contribution >= 4 is 17.7 Å². The van der Waals surface area contributed by atoms with Crippen LogP contribution in [0.2, 0.25) is 0 Å². The maximum absolute atomic E-state index is 4.79. The van der Waals surface area contributed by atoms with E-state index in [1.54, 1.807) is 0 Å². The third-order valence-corrected chi connectivity index (χ3v) is 5.39. The van der Waals surface area contributed by atoms with Crippen LogP contribution in [-0.2, 0) is 13.1 Å². The predicted octanol–water partition coefficient (Wildman–Crippen LogP) is 2.24. The highest BCUT2D eigenvalue weighted by Gasteiger charge is 2.16. The largest absolute Gasteiger partial charge is 0.357 e. The average Bonchev–Trinajstić information content (AvgIpc) is 2.68. The van der Waals surface area contributed by atoms with E-state index in [9.17, 15) is 0 Å². The lowest BCUT2D eigenvalue weighted by atomic mass is 10.1. The zero-order valence-electron chi connectivity index (χ0n) is 16.6. The van der Waals surface area contributed by atoms with Gasteiger partial charge in [0.2, 0.25) is 0 Å². The first-order valence-electron chi connectivity index (χ1n) is 9.79. The minimum absolute atomic E-state index is 0.722. The van der Waals surface area contributed by atoms with E-state index in [4.69, 9.17) is 4.99 Å². The van der Waals surface area contributed by atoms with Gasteiger partial charge in [-0.1, -0.05) is 31.2 Å². The first kappa shape index (κ1) is 21.1. The fourth-order valence-corrected chi connectivity index (χ4v) is 3.45. The van der Waals surface area contributed by atoms with Gasteiger partial charge in [-0.15, -0.1) is 0 Å². The highest BCUT2D eigenvalue weighted by Crippen LogP contribution is 2.14. The van der Waals surface area contributed by atoms with Crippen LogP contribution in [0.4, 0.5) is 0 Å². The molecule has 1 saturated heterocycles. The van der Waals surface area contributed by atoms with Crippen LogP contribution >= 0.6 is 11.8 Å². The van der Waals surface area contributed by atoms with Crippen molar-refractivity contribution in [2.75, 3.05) is 57.8 Å². The maximum Gasteiger partial charge on any atom is 0.191 e. The fraction of sp³-hybridized carbons (Fsp3) is 0.650. The zero-order valence-corrected chi connectivity index (χ0v) is 17.4. The summed E-state index contributed by atoms with van der Waals surface area (Å²) >= 11 is 1.85. The number of thioether (sulfide) groups is 1. The fourth-order valence-electron chi connectivity index (χ4n) is 3.15. The number of hydrogen-bond donors (Lipinski definition) is 2. The molecular formula is C20H35N5S. The van der Waals surface area contributed by atoms with Gasteiger partial charge in [-0.2, -0.15) is 11.8 Å². The number of likely N-dealkylation sites (N-methyl/N-ethyl adjacent to an activating group) is 1. The normalized spacial score (nSPS) is 16.7. The van der Waals surface area contributed by atoms with E-state index in [2.05, 4.69) is 64.8 Å². The molecule has 1 heterocycles. The molecule has 1 aliphatic heterocycles. The minimum Gasteiger partial charge on any atom is -0.357 e. The lowest BCUT2D eigenvalue weighted by Gasteiger charge is -2.34. The van der Waals surface area contributed by atoms with E-state index in [-0.39, 0.29) is 0 Å². The Morgan fingerprint density at radius 2 is 1.73 bits per heavy atom. The summed E-state index contributed by atoms with van der Waals surface area (Å²) in [6.07, 6.45) is 2.13. The van der Waals surface area contributed by atoms with E-state index in [1.807, 2.05) is 11.8 Å². The van der Waals surface area contributed by atoms with Crippen LogP contribution in [0.15, 0.2) is 29.3 Å².